The highest BCUT2D eigenvalue weighted by molar-refractivity contribution is 7.89. The maximum absolute atomic E-state index is 13.3. The van der Waals surface area contributed by atoms with Crippen LogP contribution in [0.1, 0.15) is 18.4 Å². The molecule has 0 heterocycles. The molecule has 1 fully saturated rings. The first kappa shape index (κ1) is 12.4. The molecule has 1 saturated carbocycles. The van der Waals surface area contributed by atoms with Crippen LogP contribution in [-0.4, -0.2) is 19.4 Å². The predicted molar refractivity (Wildman–Crippen MR) is 65.6 cm³/mol. The van der Waals surface area contributed by atoms with Gasteiger partial charge in [0.25, 0.3) is 0 Å². The van der Waals surface area contributed by atoms with Crippen molar-refractivity contribution in [3.8, 4) is 0 Å². The summed E-state index contributed by atoms with van der Waals surface area (Å²) in [5, 5.41) is 0. The third-order valence-electron chi connectivity index (χ3n) is 2.41. The number of hydrogen-bond donors (Lipinski definition) is 2. The molecule has 0 unspecified atom stereocenters. The lowest BCUT2D eigenvalue weighted by Crippen LogP contribution is -2.26. The topological polar surface area (TPSA) is 72.2 Å². The van der Waals surface area contributed by atoms with Crippen molar-refractivity contribution in [1.82, 2.24) is 4.72 Å². The Morgan fingerprint density at radius 2 is 2.12 bits per heavy atom. The Bertz CT molecular complexity index is 568. The Labute approximate surface area is 104 Å². The molecule has 0 aliphatic heterocycles. The molecular weight excluding hydrogens is 263 g/mol. The Balaban J connectivity index is 2.38. The van der Waals surface area contributed by atoms with E-state index < -0.39 is 15.8 Å². The number of rotatable bonds is 4. The lowest BCUT2D eigenvalue weighted by atomic mass is 10.2. The molecule has 1 aromatic rings. The van der Waals surface area contributed by atoms with Gasteiger partial charge in [0.15, 0.2) is 0 Å². The van der Waals surface area contributed by atoms with Crippen LogP contribution in [0.25, 0.3) is 0 Å². The lowest BCUT2D eigenvalue weighted by molar-refractivity contribution is 0.580. The molecule has 0 spiro atoms. The molecule has 17 heavy (non-hydrogen) atoms. The van der Waals surface area contributed by atoms with E-state index in [4.69, 9.17) is 5.73 Å². The fourth-order valence-corrected chi connectivity index (χ4v) is 2.84. The highest BCUT2D eigenvalue weighted by atomic mass is 32.2. The van der Waals surface area contributed by atoms with Crippen LogP contribution in [0.4, 0.5) is 4.39 Å². The second-order valence-corrected chi connectivity index (χ2v) is 6.06. The molecule has 1 aliphatic rings. The summed E-state index contributed by atoms with van der Waals surface area (Å²) >= 11 is 4.65. The van der Waals surface area contributed by atoms with Crippen molar-refractivity contribution < 1.29 is 12.8 Å². The third kappa shape index (κ3) is 2.80. The summed E-state index contributed by atoms with van der Waals surface area (Å²) < 4.78 is 39.5. The number of thiocarbonyl (C=S) groups is 1. The van der Waals surface area contributed by atoms with E-state index >= 15 is 0 Å². The van der Waals surface area contributed by atoms with Crippen molar-refractivity contribution in [3.05, 3.63) is 29.6 Å². The van der Waals surface area contributed by atoms with Gasteiger partial charge in [-0.3, -0.25) is 0 Å². The third-order valence-corrected chi connectivity index (χ3v) is 4.15. The van der Waals surface area contributed by atoms with Gasteiger partial charge in [-0.2, -0.15) is 0 Å². The van der Waals surface area contributed by atoms with Gasteiger partial charge in [-0.05, 0) is 31.0 Å². The minimum Gasteiger partial charge on any atom is -0.389 e. The summed E-state index contributed by atoms with van der Waals surface area (Å²) in [7, 11) is -3.60. The quantitative estimate of drug-likeness (QED) is 0.800. The maximum Gasteiger partial charge on any atom is 0.240 e. The van der Waals surface area contributed by atoms with Gasteiger partial charge in [-0.1, -0.05) is 12.2 Å². The minimum atomic E-state index is -3.60. The highest BCUT2D eigenvalue weighted by Gasteiger charge is 2.28. The second kappa shape index (κ2) is 4.32. The molecule has 0 saturated heterocycles. The molecule has 92 valence electrons. The van der Waals surface area contributed by atoms with Crippen molar-refractivity contribution in [2.75, 3.05) is 0 Å². The number of halogens is 1. The normalized spacial score (nSPS) is 15.8. The van der Waals surface area contributed by atoms with Crippen LogP contribution in [0.2, 0.25) is 0 Å². The molecule has 7 heteroatoms. The van der Waals surface area contributed by atoms with Gasteiger partial charge >= 0.3 is 0 Å². The fraction of sp³-hybridized carbons (Fsp3) is 0.300. The number of nitrogens with one attached hydrogen (secondary N) is 1. The molecule has 0 bridgehead atoms. The van der Waals surface area contributed by atoms with Gasteiger partial charge in [0, 0.05) is 11.6 Å². The average Bonchev–Trinajstić information content (AvgIpc) is 3.00. The maximum atomic E-state index is 13.3. The summed E-state index contributed by atoms with van der Waals surface area (Å²) in [6.07, 6.45) is 1.67. The standard InChI is InChI=1S/C10H11FN2O2S2/c11-9-4-3-7(5-8(9)10(12)16)17(14,15)13-6-1-2-6/h3-6,13H,1-2H2,(H2,12,16). The van der Waals surface area contributed by atoms with Crippen LogP contribution in [0.5, 0.6) is 0 Å². The van der Waals surface area contributed by atoms with Crippen molar-refractivity contribution in [2.45, 2.75) is 23.8 Å². The van der Waals surface area contributed by atoms with Crippen molar-refractivity contribution in [2.24, 2.45) is 5.73 Å². The lowest BCUT2D eigenvalue weighted by Gasteiger charge is -2.07. The highest BCUT2D eigenvalue weighted by Crippen LogP contribution is 2.23. The largest absolute Gasteiger partial charge is 0.389 e. The summed E-state index contributed by atoms with van der Waals surface area (Å²) in [4.78, 5) is -0.181. The molecule has 1 aromatic carbocycles. The second-order valence-electron chi connectivity index (χ2n) is 3.90. The molecule has 0 aromatic heterocycles. The predicted octanol–water partition coefficient (Wildman–Crippen LogP) is 0.901. The summed E-state index contributed by atoms with van der Waals surface area (Å²) in [6, 6.07) is 3.40. The van der Waals surface area contributed by atoms with Gasteiger partial charge < -0.3 is 5.73 Å². The molecule has 1 aliphatic carbocycles. The molecule has 0 atom stereocenters. The fourth-order valence-electron chi connectivity index (χ4n) is 1.35. The number of sulfonamides is 1. The van der Waals surface area contributed by atoms with Crippen molar-refractivity contribution >= 4 is 27.2 Å². The summed E-state index contributed by atoms with van der Waals surface area (Å²) in [5.74, 6) is -0.622. The number of benzene rings is 1. The van der Waals surface area contributed by atoms with E-state index in [1.807, 2.05) is 0 Å². The van der Waals surface area contributed by atoms with Gasteiger partial charge in [0.1, 0.15) is 10.8 Å². The monoisotopic (exact) mass is 274 g/mol. The first-order valence-electron chi connectivity index (χ1n) is 5.02. The van der Waals surface area contributed by atoms with Crippen LogP contribution in [0.15, 0.2) is 23.1 Å². The zero-order valence-electron chi connectivity index (χ0n) is 8.81. The van der Waals surface area contributed by atoms with Crippen LogP contribution < -0.4 is 10.5 Å². The summed E-state index contributed by atoms with van der Waals surface area (Å²) in [5.41, 5.74) is 5.26. The Kier molecular flexibility index (Phi) is 3.15. The number of hydrogen-bond acceptors (Lipinski definition) is 3. The molecular formula is C10H11FN2O2S2. The molecule has 3 N–H and O–H groups in total. The Hall–Kier alpha value is -1.05. The first-order chi connectivity index (χ1) is 7.90. The van der Waals surface area contributed by atoms with Crippen LogP contribution in [0, 0.1) is 5.82 Å². The summed E-state index contributed by atoms with van der Waals surface area (Å²) in [6.45, 7) is 0. The van der Waals surface area contributed by atoms with Crippen molar-refractivity contribution in [1.29, 1.82) is 0 Å². The zero-order valence-corrected chi connectivity index (χ0v) is 10.4. The van der Waals surface area contributed by atoms with E-state index in [0.29, 0.717) is 0 Å². The van der Waals surface area contributed by atoms with Crippen LogP contribution >= 0.6 is 12.2 Å². The van der Waals surface area contributed by atoms with Gasteiger partial charge in [-0.25, -0.2) is 17.5 Å². The molecule has 2 rings (SSSR count). The first-order valence-corrected chi connectivity index (χ1v) is 6.91. The van der Waals surface area contributed by atoms with Crippen LogP contribution in [0.3, 0.4) is 0 Å². The smallest absolute Gasteiger partial charge is 0.240 e. The minimum absolute atomic E-state index is 0.00155. The van der Waals surface area contributed by atoms with Crippen molar-refractivity contribution in [3.63, 3.8) is 0 Å². The molecule has 4 nitrogen and oxygen atoms in total. The molecule has 0 radical (unpaired) electrons. The average molecular weight is 274 g/mol. The van der Waals surface area contributed by atoms with E-state index in [9.17, 15) is 12.8 Å². The van der Waals surface area contributed by atoms with Gasteiger partial charge in [0.2, 0.25) is 10.0 Å². The van der Waals surface area contributed by atoms with E-state index in [2.05, 4.69) is 16.9 Å². The number of nitrogens with two attached hydrogens (primary N) is 1. The van der Waals surface area contributed by atoms with E-state index in [1.54, 1.807) is 0 Å². The molecule has 0 amide bonds. The van der Waals surface area contributed by atoms with E-state index in [1.165, 1.54) is 6.07 Å². The Morgan fingerprint density at radius 3 is 2.65 bits per heavy atom. The zero-order chi connectivity index (χ0) is 12.6. The van der Waals surface area contributed by atoms with Gasteiger partial charge in [0.05, 0.1) is 4.90 Å². The van der Waals surface area contributed by atoms with Crippen LogP contribution in [-0.2, 0) is 10.0 Å². The van der Waals surface area contributed by atoms with E-state index in [0.717, 1.165) is 25.0 Å². The SMILES string of the molecule is NC(=S)c1cc(S(=O)(=O)NC2CC2)ccc1F. The van der Waals surface area contributed by atoms with E-state index in [-0.39, 0.29) is 21.5 Å². The Morgan fingerprint density at radius 1 is 1.47 bits per heavy atom. The van der Waals surface area contributed by atoms with Gasteiger partial charge in [-0.15, -0.1) is 0 Å².